The second-order valence-corrected chi connectivity index (χ2v) is 5.14. The highest BCUT2D eigenvalue weighted by Gasteiger charge is 2.09. The quantitative estimate of drug-likeness (QED) is 0.713. The van der Waals surface area contributed by atoms with Gasteiger partial charge in [-0.05, 0) is 59.3 Å². The first-order valence-electron chi connectivity index (χ1n) is 5.41. The standard InChI is InChI=1S/C14H9BrClFO2/c1-8(18)11-4-3-10(7-12(11)15)19-14-5-2-9(17)6-13(14)16/h2-7H,1H3. The van der Waals surface area contributed by atoms with Crippen molar-refractivity contribution in [2.24, 2.45) is 0 Å². The summed E-state index contributed by atoms with van der Waals surface area (Å²) in [5.74, 6) is 0.389. The molecule has 5 heteroatoms. The smallest absolute Gasteiger partial charge is 0.160 e. The van der Waals surface area contributed by atoms with Crippen LogP contribution in [-0.2, 0) is 0 Å². The number of ketones is 1. The van der Waals surface area contributed by atoms with Crippen LogP contribution in [0.15, 0.2) is 40.9 Å². The molecule has 0 bridgehead atoms. The summed E-state index contributed by atoms with van der Waals surface area (Å²) < 4.78 is 19.1. The summed E-state index contributed by atoms with van der Waals surface area (Å²) in [6.45, 7) is 1.48. The zero-order chi connectivity index (χ0) is 14.0. The summed E-state index contributed by atoms with van der Waals surface area (Å²) in [6.07, 6.45) is 0. The number of benzene rings is 2. The molecule has 0 heterocycles. The van der Waals surface area contributed by atoms with Gasteiger partial charge in [0.1, 0.15) is 17.3 Å². The van der Waals surface area contributed by atoms with E-state index in [9.17, 15) is 9.18 Å². The van der Waals surface area contributed by atoms with Crippen LogP contribution in [0, 0.1) is 5.82 Å². The second kappa shape index (κ2) is 5.72. The Balaban J connectivity index is 2.29. The number of Topliss-reactive ketones (excluding diaryl/α,β-unsaturated/α-hetero) is 1. The van der Waals surface area contributed by atoms with Crippen molar-refractivity contribution in [2.45, 2.75) is 6.92 Å². The van der Waals surface area contributed by atoms with E-state index in [1.165, 1.54) is 25.1 Å². The average Bonchev–Trinajstić information content (AvgIpc) is 2.32. The first-order chi connectivity index (χ1) is 8.97. The van der Waals surface area contributed by atoms with Crippen molar-refractivity contribution in [3.8, 4) is 11.5 Å². The fraction of sp³-hybridized carbons (Fsp3) is 0.0714. The van der Waals surface area contributed by atoms with Gasteiger partial charge in [-0.3, -0.25) is 4.79 Å². The van der Waals surface area contributed by atoms with Crippen molar-refractivity contribution in [3.05, 3.63) is 57.3 Å². The zero-order valence-corrected chi connectivity index (χ0v) is 12.3. The molecule has 0 saturated carbocycles. The zero-order valence-electron chi connectivity index (χ0n) is 9.91. The van der Waals surface area contributed by atoms with Crippen LogP contribution in [0.5, 0.6) is 11.5 Å². The third kappa shape index (κ3) is 3.33. The predicted octanol–water partition coefficient (Wildman–Crippen LogP) is 5.24. The molecule has 0 aliphatic rings. The molecule has 0 N–H and O–H groups in total. The Kier molecular flexibility index (Phi) is 4.22. The van der Waals surface area contributed by atoms with Crippen LogP contribution in [-0.4, -0.2) is 5.78 Å². The normalized spacial score (nSPS) is 10.3. The maximum absolute atomic E-state index is 12.9. The Morgan fingerprint density at radius 3 is 2.58 bits per heavy atom. The molecule has 0 aliphatic carbocycles. The summed E-state index contributed by atoms with van der Waals surface area (Å²) in [6, 6.07) is 8.86. The highest BCUT2D eigenvalue weighted by Crippen LogP contribution is 2.32. The fourth-order valence-electron chi connectivity index (χ4n) is 1.53. The SMILES string of the molecule is CC(=O)c1ccc(Oc2ccc(F)cc2Cl)cc1Br. The number of rotatable bonds is 3. The van der Waals surface area contributed by atoms with E-state index in [4.69, 9.17) is 16.3 Å². The van der Waals surface area contributed by atoms with Gasteiger partial charge in [0, 0.05) is 10.0 Å². The molecular weight excluding hydrogens is 335 g/mol. The van der Waals surface area contributed by atoms with Gasteiger partial charge in [0.15, 0.2) is 5.78 Å². The van der Waals surface area contributed by atoms with E-state index in [-0.39, 0.29) is 10.8 Å². The van der Waals surface area contributed by atoms with Crippen molar-refractivity contribution in [1.29, 1.82) is 0 Å². The summed E-state index contributed by atoms with van der Waals surface area (Å²) in [7, 11) is 0. The molecule has 2 nitrogen and oxygen atoms in total. The minimum absolute atomic E-state index is 0.0433. The molecule has 19 heavy (non-hydrogen) atoms. The fourth-order valence-corrected chi connectivity index (χ4v) is 2.37. The van der Waals surface area contributed by atoms with Gasteiger partial charge < -0.3 is 4.74 Å². The Bertz CT molecular complexity index is 643. The molecule has 0 aromatic heterocycles. The van der Waals surface area contributed by atoms with E-state index in [0.29, 0.717) is 21.5 Å². The number of carbonyl (C=O) groups excluding carboxylic acids is 1. The second-order valence-electron chi connectivity index (χ2n) is 3.87. The molecule has 0 unspecified atom stereocenters. The molecule has 98 valence electrons. The number of halogens is 3. The van der Waals surface area contributed by atoms with E-state index in [1.54, 1.807) is 18.2 Å². The highest BCUT2D eigenvalue weighted by atomic mass is 79.9. The van der Waals surface area contributed by atoms with Crippen molar-refractivity contribution in [1.82, 2.24) is 0 Å². The summed E-state index contributed by atoms with van der Waals surface area (Å²) in [5, 5.41) is 0.187. The van der Waals surface area contributed by atoms with Gasteiger partial charge in [0.25, 0.3) is 0 Å². The van der Waals surface area contributed by atoms with Gasteiger partial charge >= 0.3 is 0 Å². The molecule has 0 radical (unpaired) electrons. The van der Waals surface area contributed by atoms with Gasteiger partial charge in [-0.2, -0.15) is 0 Å². The maximum Gasteiger partial charge on any atom is 0.160 e. The first kappa shape index (κ1) is 14.0. The number of hydrogen-bond acceptors (Lipinski definition) is 2. The summed E-state index contributed by atoms with van der Waals surface area (Å²) >= 11 is 9.17. The molecule has 0 aliphatic heterocycles. The third-order valence-corrected chi connectivity index (χ3v) is 3.39. The molecule has 0 atom stereocenters. The molecular formula is C14H9BrClFO2. The molecule has 2 aromatic rings. The van der Waals surface area contributed by atoms with Gasteiger partial charge in [0.2, 0.25) is 0 Å². The Labute approximate surface area is 123 Å². The lowest BCUT2D eigenvalue weighted by atomic mass is 10.1. The minimum Gasteiger partial charge on any atom is -0.456 e. The van der Waals surface area contributed by atoms with Crippen LogP contribution >= 0.6 is 27.5 Å². The van der Waals surface area contributed by atoms with Gasteiger partial charge in [-0.25, -0.2) is 4.39 Å². The number of hydrogen-bond donors (Lipinski definition) is 0. The van der Waals surface area contributed by atoms with Crippen LogP contribution < -0.4 is 4.74 Å². The van der Waals surface area contributed by atoms with E-state index in [1.807, 2.05) is 0 Å². The third-order valence-electron chi connectivity index (χ3n) is 2.44. The largest absolute Gasteiger partial charge is 0.456 e. The average molecular weight is 344 g/mol. The lowest BCUT2D eigenvalue weighted by Gasteiger charge is -2.09. The summed E-state index contributed by atoms with van der Waals surface area (Å²) in [4.78, 5) is 11.3. The van der Waals surface area contributed by atoms with Crippen LogP contribution in [0.3, 0.4) is 0 Å². The Morgan fingerprint density at radius 2 is 2.00 bits per heavy atom. The van der Waals surface area contributed by atoms with E-state index < -0.39 is 5.82 Å². The van der Waals surface area contributed by atoms with Crippen LogP contribution in [0.2, 0.25) is 5.02 Å². The monoisotopic (exact) mass is 342 g/mol. The topological polar surface area (TPSA) is 26.3 Å². The van der Waals surface area contributed by atoms with Gasteiger partial charge in [-0.1, -0.05) is 11.6 Å². The minimum atomic E-state index is -0.426. The molecule has 0 saturated heterocycles. The van der Waals surface area contributed by atoms with Crippen molar-refractivity contribution in [2.75, 3.05) is 0 Å². The predicted molar refractivity (Wildman–Crippen MR) is 75.6 cm³/mol. The van der Waals surface area contributed by atoms with E-state index in [0.717, 1.165) is 0 Å². The molecule has 2 rings (SSSR count). The van der Waals surface area contributed by atoms with Crippen LogP contribution in [0.4, 0.5) is 4.39 Å². The van der Waals surface area contributed by atoms with Crippen molar-refractivity contribution >= 4 is 33.3 Å². The Morgan fingerprint density at radius 1 is 1.26 bits per heavy atom. The lowest BCUT2D eigenvalue weighted by Crippen LogP contribution is -1.94. The molecule has 2 aromatic carbocycles. The van der Waals surface area contributed by atoms with Crippen molar-refractivity contribution in [3.63, 3.8) is 0 Å². The van der Waals surface area contributed by atoms with Crippen LogP contribution in [0.25, 0.3) is 0 Å². The molecule has 0 fully saturated rings. The number of carbonyl (C=O) groups is 1. The van der Waals surface area contributed by atoms with Crippen LogP contribution in [0.1, 0.15) is 17.3 Å². The van der Waals surface area contributed by atoms with Crippen molar-refractivity contribution < 1.29 is 13.9 Å². The highest BCUT2D eigenvalue weighted by molar-refractivity contribution is 9.10. The Hall–Kier alpha value is -1.39. The van der Waals surface area contributed by atoms with E-state index in [2.05, 4.69) is 15.9 Å². The maximum atomic E-state index is 12.9. The van der Waals surface area contributed by atoms with Gasteiger partial charge in [-0.15, -0.1) is 0 Å². The van der Waals surface area contributed by atoms with E-state index >= 15 is 0 Å². The number of ether oxygens (including phenoxy) is 1. The summed E-state index contributed by atoms with van der Waals surface area (Å²) in [5.41, 5.74) is 0.567. The lowest BCUT2D eigenvalue weighted by molar-refractivity contribution is 0.101. The molecule has 0 amide bonds. The van der Waals surface area contributed by atoms with Gasteiger partial charge in [0.05, 0.1) is 5.02 Å². The molecule has 0 spiro atoms. The first-order valence-corrected chi connectivity index (χ1v) is 6.58.